The van der Waals surface area contributed by atoms with Crippen molar-refractivity contribution in [2.75, 3.05) is 0 Å². The van der Waals surface area contributed by atoms with E-state index in [0.29, 0.717) is 0 Å². The molecule has 4 nitrogen and oxygen atoms in total. The van der Waals surface area contributed by atoms with Crippen molar-refractivity contribution in [2.24, 2.45) is 0 Å². The summed E-state index contributed by atoms with van der Waals surface area (Å²) in [6, 6.07) is 3.96. The van der Waals surface area contributed by atoms with E-state index in [0.717, 1.165) is 30.4 Å². The quantitative estimate of drug-likeness (QED) is 0.820. The third-order valence-electron chi connectivity index (χ3n) is 2.98. The van der Waals surface area contributed by atoms with Crippen LogP contribution in [0.15, 0.2) is 36.4 Å². The van der Waals surface area contributed by atoms with Crippen molar-refractivity contribution in [3.63, 3.8) is 0 Å². The zero-order valence-electron chi connectivity index (χ0n) is 11.0. The Labute approximate surface area is 118 Å². The molecule has 1 rings (SSSR count). The molecular weight excluding hydrogens is 289 g/mol. The molecule has 21 heavy (non-hydrogen) atoms. The number of aliphatic carboxylic acids is 2. The van der Waals surface area contributed by atoms with E-state index in [-0.39, 0.29) is 5.56 Å². The van der Waals surface area contributed by atoms with Gasteiger partial charge in [0, 0.05) is 0 Å². The van der Waals surface area contributed by atoms with Gasteiger partial charge in [0.2, 0.25) is 0 Å². The van der Waals surface area contributed by atoms with Crippen LogP contribution >= 0.6 is 0 Å². The molecule has 0 amide bonds. The normalized spacial score (nSPS) is 14.9. The predicted octanol–water partition coefficient (Wildman–Crippen LogP) is 3.08. The molecule has 0 aliphatic rings. The summed E-state index contributed by atoms with van der Waals surface area (Å²) in [6.07, 6.45) is -2.81. The van der Waals surface area contributed by atoms with Crippen molar-refractivity contribution in [3.05, 3.63) is 47.5 Å². The standard InChI is InChI=1S/C14H13F3O4/c1-13(12(20)21,7-3-6-11(18)19)9-4-2-5-10(8-9)14(15,16)17/h2-5,7-8H,6H2,1H3,(H,18,19)(H,20,21)/b7-3+. The second kappa shape index (κ2) is 5.99. The molecular formula is C14H13F3O4. The summed E-state index contributed by atoms with van der Waals surface area (Å²) in [5.74, 6) is -2.54. The van der Waals surface area contributed by atoms with Gasteiger partial charge in [0.05, 0.1) is 12.0 Å². The van der Waals surface area contributed by atoms with Crippen LogP contribution in [0.4, 0.5) is 13.2 Å². The van der Waals surface area contributed by atoms with Crippen molar-refractivity contribution in [3.8, 4) is 0 Å². The largest absolute Gasteiger partial charge is 0.481 e. The maximum Gasteiger partial charge on any atom is 0.416 e. The summed E-state index contributed by atoms with van der Waals surface area (Å²) in [7, 11) is 0. The van der Waals surface area contributed by atoms with Gasteiger partial charge in [0.1, 0.15) is 5.41 Å². The van der Waals surface area contributed by atoms with Crippen molar-refractivity contribution in [1.29, 1.82) is 0 Å². The highest BCUT2D eigenvalue weighted by atomic mass is 19.4. The van der Waals surface area contributed by atoms with Crippen LogP contribution in [0.3, 0.4) is 0 Å². The number of alkyl halides is 3. The average molecular weight is 302 g/mol. The van der Waals surface area contributed by atoms with Crippen molar-refractivity contribution in [1.82, 2.24) is 0 Å². The lowest BCUT2D eigenvalue weighted by molar-refractivity contribution is -0.142. The average Bonchev–Trinajstić information content (AvgIpc) is 2.37. The number of benzene rings is 1. The molecule has 1 aromatic carbocycles. The topological polar surface area (TPSA) is 74.6 Å². The molecule has 0 aliphatic carbocycles. The zero-order chi connectivity index (χ0) is 16.3. The van der Waals surface area contributed by atoms with Gasteiger partial charge in [0.25, 0.3) is 0 Å². The van der Waals surface area contributed by atoms with Gasteiger partial charge in [-0.1, -0.05) is 30.4 Å². The molecule has 114 valence electrons. The van der Waals surface area contributed by atoms with E-state index in [1.807, 2.05) is 0 Å². The highest BCUT2D eigenvalue weighted by Gasteiger charge is 2.36. The van der Waals surface area contributed by atoms with Gasteiger partial charge in [-0.15, -0.1) is 0 Å². The van der Waals surface area contributed by atoms with Crippen LogP contribution in [0.25, 0.3) is 0 Å². The number of halogens is 3. The summed E-state index contributed by atoms with van der Waals surface area (Å²) in [4.78, 5) is 21.8. The van der Waals surface area contributed by atoms with E-state index in [2.05, 4.69) is 0 Å². The Balaban J connectivity index is 3.26. The van der Waals surface area contributed by atoms with E-state index in [4.69, 9.17) is 5.11 Å². The van der Waals surface area contributed by atoms with Crippen LogP contribution in [0.2, 0.25) is 0 Å². The second-order valence-electron chi connectivity index (χ2n) is 4.59. The molecule has 0 fully saturated rings. The second-order valence-corrected chi connectivity index (χ2v) is 4.59. The Morgan fingerprint density at radius 2 is 1.76 bits per heavy atom. The predicted molar refractivity (Wildman–Crippen MR) is 67.8 cm³/mol. The van der Waals surface area contributed by atoms with Crippen LogP contribution in [-0.2, 0) is 21.2 Å². The highest BCUT2D eigenvalue weighted by Crippen LogP contribution is 2.33. The summed E-state index contributed by atoms with van der Waals surface area (Å²) >= 11 is 0. The van der Waals surface area contributed by atoms with Gasteiger partial charge in [0.15, 0.2) is 0 Å². The van der Waals surface area contributed by atoms with Crippen LogP contribution in [0, 0.1) is 0 Å². The fourth-order valence-corrected chi connectivity index (χ4v) is 1.70. The van der Waals surface area contributed by atoms with Crippen LogP contribution in [0.1, 0.15) is 24.5 Å². The van der Waals surface area contributed by atoms with E-state index in [1.165, 1.54) is 13.0 Å². The van der Waals surface area contributed by atoms with Gasteiger partial charge in [-0.25, -0.2) is 0 Å². The van der Waals surface area contributed by atoms with Crippen LogP contribution < -0.4 is 0 Å². The molecule has 0 radical (unpaired) electrons. The zero-order valence-corrected chi connectivity index (χ0v) is 11.0. The third-order valence-corrected chi connectivity index (χ3v) is 2.98. The summed E-state index contributed by atoms with van der Waals surface area (Å²) in [5.41, 5.74) is -2.78. The van der Waals surface area contributed by atoms with Gasteiger partial charge in [-0.2, -0.15) is 13.2 Å². The van der Waals surface area contributed by atoms with Crippen LogP contribution in [0.5, 0.6) is 0 Å². The van der Waals surface area contributed by atoms with Gasteiger partial charge >= 0.3 is 18.1 Å². The Bertz CT molecular complexity index is 578. The summed E-state index contributed by atoms with van der Waals surface area (Å²) in [6.45, 7) is 1.21. The Hall–Kier alpha value is -2.31. The first kappa shape index (κ1) is 16.7. The van der Waals surface area contributed by atoms with Crippen molar-refractivity contribution in [2.45, 2.75) is 24.9 Å². The minimum Gasteiger partial charge on any atom is -0.481 e. The molecule has 0 aromatic heterocycles. The van der Waals surface area contributed by atoms with Crippen molar-refractivity contribution >= 4 is 11.9 Å². The molecule has 2 N–H and O–H groups in total. The first-order valence-electron chi connectivity index (χ1n) is 5.88. The summed E-state index contributed by atoms with van der Waals surface area (Å²) < 4.78 is 38.0. The molecule has 0 saturated heterocycles. The molecule has 7 heteroatoms. The van der Waals surface area contributed by atoms with Crippen LogP contribution in [-0.4, -0.2) is 22.2 Å². The van der Waals surface area contributed by atoms with E-state index in [9.17, 15) is 27.9 Å². The fourth-order valence-electron chi connectivity index (χ4n) is 1.70. The Morgan fingerprint density at radius 3 is 2.24 bits per heavy atom. The molecule has 1 atom stereocenters. The monoisotopic (exact) mass is 302 g/mol. The molecule has 0 saturated carbocycles. The number of carbonyl (C=O) groups is 2. The van der Waals surface area contributed by atoms with E-state index < -0.39 is 35.5 Å². The van der Waals surface area contributed by atoms with E-state index >= 15 is 0 Å². The van der Waals surface area contributed by atoms with Gasteiger partial charge < -0.3 is 10.2 Å². The minimum atomic E-state index is -4.58. The highest BCUT2D eigenvalue weighted by molar-refractivity contribution is 5.83. The SMILES string of the molecule is CC(/C=C/CC(=O)O)(C(=O)O)c1cccc(C(F)(F)F)c1. The fraction of sp³-hybridized carbons (Fsp3) is 0.286. The number of carboxylic acid groups (broad SMARTS) is 2. The number of hydrogen-bond acceptors (Lipinski definition) is 2. The molecule has 1 unspecified atom stereocenters. The molecule has 0 aliphatic heterocycles. The number of hydrogen-bond donors (Lipinski definition) is 2. The molecule has 1 aromatic rings. The Morgan fingerprint density at radius 1 is 1.19 bits per heavy atom. The van der Waals surface area contributed by atoms with Gasteiger partial charge in [-0.05, 0) is 18.6 Å². The molecule has 0 spiro atoms. The molecule has 0 bridgehead atoms. The smallest absolute Gasteiger partial charge is 0.416 e. The van der Waals surface area contributed by atoms with Gasteiger partial charge in [-0.3, -0.25) is 9.59 Å². The first-order chi connectivity index (χ1) is 9.57. The Kier molecular flexibility index (Phi) is 4.77. The lowest BCUT2D eigenvalue weighted by atomic mass is 9.81. The third kappa shape index (κ3) is 4.08. The van der Waals surface area contributed by atoms with Crippen molar-refractivity contribution < 1.29 is 33.0 Å². The molecule has 0 heterocycles. The maximum atomic E-state index is 12.7. The first-order valence-corrected chi connectivity index (χ1v) is 5.88. The van der Waals surface area contributed by atoms with E-state index in [1.54, 1.807) is 0 Å². The number of carboxylic acids is 2. The summed E-state index contributed by atoms with van der Waals surface area (Å²) in [5, 5.41) is 17.8. The minimum absolute atomic E-state index is 0.0773. The lowest BCUT2D eigenvalue weighted by Gasteiger charge is -2.22. The number of rotatable bonds is 5. The lowest BCUT2D eigenvalue weighted by Crippen LogP contribution is -2.30. The maximum absolute atomic E-state index is 12.7.